The van der Waals surface area contributed by atoms with Gasteiger partial charge in [-0.1, -0.05) is 18.2 Å². The van der Waals surface area contributed by atoms with Crippen LogP contribution < -0.4 is 0 Å². The van der Waals surface area contributed by atoms with Gasteiger partial charge in [-0.2, -0.15) is 5.26 Å². The second kappa shape index (κ2) is 3.40. The van der Waals surface area contributed by atoms with Crippen molar-refractivity contribution in [3.05, 3.63) is 46.5 Å². The molecule has 1 heteroatoms. The smallest absolute Gasteiger partial charge is 0.0998 e. The molecule has 0 bridgehead atoms. The average molecular weight is 195 g/mol. The van der Waals surface area contributed by atoms with Gasteiger partial charge in [-0.05, 0) is 48.9 Å². The molecule has 0 aliphatic heterocycles. The molecule has 0 aromatic heterocycles. The van der Waals surface area contributed by atoms with Crippen LogP contribution in [0.5, 0.6) is 0 Å². The highest BCUT2D eigenvalue weighted by atomic mass is 14.2. The fraction of sp³-hybridized carbons (Fsp3) is 0.214. The van der Waals surface area contributed by atoms with E-state index in [1.54, 1.807) is 0 Å². The van der Waals surface area contributed by atoms with Crippen molar-refractivity contribution >= 4 is 10.8 Å². The summed E-state index contributed by atoms with van der Waals surface area (Å²) in [5, 5.41) is 11.4. The third-order valence-electron chi connectivity index (χ3n) is 3.01. The Labute approximate surface area is 90.0 Å². The quantitative estimate of drug-likeness (QED) is 0.629. The summed E-state index contributed by atoms with van der Waals surface area (Å²) in [5.41, 5.74) is 4.51. The van der Waals surface area contributed by atoms with Crippen LogP contribution in [0.2, 0.25) is 0 Å². The molecule has 0 unspecified atom stereocenters. The number of hydrogen-bond donors (Lipinski definition) is 0. The monoisotopic (exact) mass is 195 g/mol. The number of aryl methyl sites for hydroxylation is 3. The second-order valence-electron chi connectivity index (χ2n) is 3.98. The number of nitriles is 1. The summed E-state index contributed by atoms with van der Waals surface area (Å²) in [6.45, 7) is 6.29. The van der Waals surface area contributed by atoms with Crippen LogP contribution in [0.3, 0.4) is 0 Å². The predicted molar refractivity (Wildman–Crippen MR) is 62.9 cm³/mol. The standard InChI is InChI=1S/C14H13N/c1-9-7-10(2)14-12(8-15)5-4-6-13(14)11(9)3/h4-7H,1-3H3. The Bertz CT molecular complexity index is 574. The van der Waals surface area contributed by atoms with Gasteiger partial charge >= 0.3 is 0 Å². The van der Waals surface area contributed by atoms with Gasteiger partial charge in [-0.25, -0.2) is 0 Å². The van der Waals surface area contributed by atoms with Gasteiger partial charge in [0.1, 0.15) is 0 Å². The van der Waals surface area contributed by atoms with Gasteiger partial charge in [0.05, 0.1) is 11.6 Å². The van der Waals surface area contributed by atoms with E-state index >= 15 is 0 Å². The van der Waals surface area contributed by atoms with E-state index in [4.69, 9.17) is 5.26 Å². The minimum atomic E-state index is 0.771. The van der Waals surface area contributed by atoms with E-state index < -0.39 is 0 Å². The molecule has 2 aromatic rings. The summed E-state index contributed by atoms with van der Waals surface area (Å²) in [7, 11) is 0. The molecule has 0 atom stereocenters. The van der Waals surface area contributed by atoms with Crippen molar-refractivity contribution in [2.24, 2.45) is 0 Å². The summed E-state index contributed by atoms with van der Waals surface area (Å²) in [4.78, 5) is 0. The first-order valence-corrected chi connectivity index (χ1v) is 5.04. The fourth-order valence-corrected chi connectivity index (χ4v) is 2.10. The van der Waals surface area contributed by atoms with Crippen molar-refractivity contribution in [2.45, 2.75) is 20.8 Å². The summed E-state index contributed by atoms with van der Waals surface area (Å²) in [6.07, 6.45) is 0. The molecule has 0 fully saturated rings. The summed E-state index contributed by atoms with van der Waals surface area (Å²) >= 11 is 0. The number of hydrogen-bond acceptors (Lipinski definition) is 1. The highest BCUT2D eigenvalue weighted by molar-refractivity contribution is 5.93. The van der Waals surface area contributed by atoms with Crippen LogP contribution in [-0.2, 0) is 0 Å². The molecule has 0 N–H and O–H groups in total. The Balaban J connectivity index is 3.03. The van der Waals surface area contributed by atoms with E-state index in [2.05, 4.69) is 39.0 Å². The molecule has 0 amide bonds. The van der Waals surface area contributed by atoms with Crippen molar-refractivity contribution in [2.75, 3.05) is 0 Å². The van der Waals surface area contributed by atoms with Gasteiger partial charge < -0.3 is 0 Å². The lowest BCUT2D eigenvalue weighted by molar-refractivity contribution is 1.34. The zero-order valence-corrected chi connectivity index (χ0v) is 9.26. The van der Waals surface area contributed by atoms with E-state index in [0.29, 0.717) is 0 Å². The summed E-state index contributed by atoms with van der Waals surface area (Å²) in [5.74, 6) is 0. The molecule has 2 aromatic carbocycles. The van der Waals surface area contributed by atoms with Crippen molar-refractivity contribution in [1.29, 1.82) is 5.26 Å². The van der Waals surface area contributed by atoms with Crippen LogP contribution in [0.4, 0.5) is 0 Å². The van der Waals surface area contributed by atoms with Gasteiger partial charge in [0.25, 0.3) is 0 Å². The van der Waals surface area contributed by atoms with Gasteiger partial charge in [0, 0.05) is 5.39 Å². The van der Waals surface area contributed by atoms with Gasteiger partial charge in [0.2, 0.25) is 0 Å². The Morgan fingerprint density at radius 2 is 1.80 bits per heavy atom. The molecule has 0 aliphatic rings. The topological polar surface area (TPSA) is 23.8 Å². The molecule has 0 heterocycles. The van der Waals surface area contributed by atoms with E-state index in [1.165, 1.54) is 22.1 Å². The molecule has 2 rings (SSSR count). The third kappa shape index (κ3) is 1.39. The van der Waals surface area contributed by atoms with E-state index in [0.717, 1.165) is 10.9 Å². The zero-order valence-electron chi connectivity index (χ0n) is 9.26. The molecule has 0 radical (unpaired) electrons. The van der Waals surface area contributed by atoms with Crippen LogP contribution in [0.1, 0.15) is 22.3 Å². The largest absolute Gasteiger partial charge is 0.192 e. The lowest BCUT2D eigenvalue weighted by atomic mass is 9.94. The summed E-state index contributed by atoms with van der Waals surface area (Å²) < 4.78 is 0. The van der Waals surface area contributed by atoms with Crippen molar-refractivity contribution < 1.29 is 0 Å². The van der Waals surface area contributed by atoms with E-state index in [-0.39, 0.29) is 0 Å². The molecule has 0 spiro atoms. The summed E-state index contributed by atoms with van der Waals surface area (Å²) in [6, 6.07) is 10.3. The maximum absolute atomic E-state index is 9.07. The molecular formula is C14H13N. The second-order valence-corrected chi connectivity index (χ2v) is 3.98. The number of fused-ring (bicyclic) bond motifs is 1. The Morgan fingerprint density at radius 3 is 2.47 bits per heavy atom. The van der Waals surface area contributed by atoms with Crippen molar-refractivity contribution in [3.63, 3.8) is 0 Å². The molecule has 15 heavy (non-hydrogen) atoms. The minimum absolute atomic E-state index is 0.771. The third-order valence-corrected chi connectivity index (χ3v) is 3.01. The van der Waals surface area contributed by atoms with Gasteiger partial charge in [-0.3, -0.25) is 0 Å². The van der Waals surface area contributed by atoms with Crippen LogP contribution in [0.25, 0.3) is 10.8 Å². The molecular weight excluding hydrogens is 182 g/mol. The number of rotatable bonds is 0. The maximum atomic E-state index is 9.07. The van der Waals surface area contributed by atoms with Crippen LogP contribution in [0.15, 0.2) is 24.3 Å². The molecule has 0 saturated carbocycles. The minimum Gasteiger partial charge on any atom is -0.192 e. The first-order chi connectivity index (χ1) is 7.15. The lowest BCUT2D eigenvalue weighted by Crippen LogP contribution is -1.90. The Morgan fingerprint density at radius 1 is 1.07 bits per heavy atom. The van der Waals surface area contributed by atoms with Gasteiger partial charge in [-0.15, -0.1) is 0 Å². The molecule has 1 nitrogen and oxygen atoms in total. The first kappa shape index (κ1) is 9.73. The molecule has 0 saturated heterocycles. The highest BCUT2D eigenvalue weighted by Crippen LogP contribution is 2.27. The van der Waals surface area contributed by atoms with E-state index in [9.17, 15) is 0 Å². The first-order valence-electron chi connectivity index (χ1n) is 5.04. The Kier molecular flexibility index (Phi) is 2.21. The van der Waals surface area contributed by atoms with Gasteiger partial charge in [0.15, 0.2) is 0 Å². The van der Waals surface area contributed by atoms with Crippen LogP contribution in [-0.4, -0.2) is 0 Å². The number of nitrogens with zero attached hydrogens (tertiary/aromatic N) is 1. The lowest BCUT2D eigenvalue weighted by Gasteiger charge is -2.10. The van der Waals surface area contributed by atoms with E-state index in [1.807, 2.05) is 12.1 Å². The molecule has 0 aliphatic carbocycles. The number of benzene rings is 2. The van der Waals surface area contributed by atoms with Crippen LogP contribution in [0, 0.1) is 32.1 Å². The van der Waals surface area contributed by atoms with Crippen LogP contribution >= 0.6 is 0 Å². The normalized spacial score (nSPS) is 10.3. The fourth-order valence-electron chi connectivity index (χ4n) is 2.10. The zero-order chi connectivity index (χ0) is 11.0. The Hall–Kier alpha value is -1.81. The maximum Gasteiger partial charge on any atom is 0.0998 e. The SMILES string of the molecule is Cc1cc(C)c2c(C#N)cccc2c1C. The average Bonchev–Trinajstić information content (AvgIpc) is 2.25. The van der Waals surface area contributed by atoms with Crippen molar-refractivity contribution in [3.8, 4) is 6.07 Å². The predicted octanol–water partition coefficient (Wildman–Crippen LogP) is 3.64. The highest BCUT2D eigenvalue weighted by Gasteiger charge is 2.07. The molecule has 74 valence electrons. The van der Waals surface area contributed by atoms with Crippen molar-refractivity contribution in [1.82, 2.24) is 0 Å².